The molecule has 0 bridgehead atoms. The summed E-state index contributed by atoms with van der Waals surface area (Å²) in [7, 11) is -3.75. The second-order valence-electron chi connectivity index (χ2n) is 8.08. The van der Waals surface area contributed by atoms with E-state index in [1.165, 1.54) is 22.5 Å². The van der Waals surface area contributed by atoms with Crippen molar-refractivity contribution >= 4 is 38.3 Å². The zero-order chi connectivity index (χ0) is 23.3. The Bertz CT molecular complexity index is 1240. The van der Waals surface area contributed by atoms with Crippen LogP contribution in [0.15, 0.2) is 65.6 Å². The monoisotopic (exact) mass is 486 g/mol. The van der Waals surface area contributed by atoms with Gasteiger partial charge in [0.15, 0.2) is 0 Å². The van der Waals surface area contributed by atoms with Gasteiger partial charge in [-0.15, -0.1) is 0 Å². The summed E-state index contributed by atoms with van der Waals surface area (Å²) in [5, 5.41) is 5.11. The molecule has 8 heteroatoms. The number of hydrogen-bond acceptors (Lipinski definition) is 4. The number of ether oxygens (including phenoxy) is 1. The highest BCUT2D eigenvalue weighted by Gasteiger charge is 2.28. The van der Waals surface area contributed by atoms with Crippen LogP contribution in [0.25, 0.3) is 10.8 Å². The van der Waals surface area contributed by atoms with Crippen LogP contribution in [0.3, 0.4) is 0 Å². The van der Waals surface area contributed by atoms with Gasteiger partial charge in [0.2, 0.25) is 10.0 Å². The first-order chi connectivity index (χ1) is 15.9. The molecule has 0 atom stereocenters. The third-order valence-electron chi connectivity index (χ3n) is 5.75. The number of hydrogen-bond donors (Lipinski definition) is 1. The van der Waals surface area contributed by atoms with Gasteiger partial charge >= 0.3 is 0 Å². The van der Waals surface area contributed by atoms with Crippen LogP contribution in [0, 0.1) is 0 Å². The lowest BCUT2D eigenvalue weighted by Gasteiger charge is -2.21. The molecule has 174 valence electrons. The van der Waals surface area contributed by atoms with Crippen LogP contribution >= 0.6 is 11.6 Å². The second-order valence-corrected chi connectivity index (χ2v) is 10.4. The van der Waals surface area contributed by atoms with E-state index >= 15 is 0 Å². The van der Waals surface area contributed by atoms with E-state index in [9.17, 15) is 13.2 Å². The SMILES string of the molecule is O=C(NCCOc1ccc2ccccc2c1)c1ccc(Cl)c(S(=O)(=O)N2CCCCCC2)c1. The van der Waals surface area contributed by atoms with E-state index in [-0.39, 0.29) is 34.5 Å². The molecule has 6 nitrogen and oxygen atoms in total. The molecule has 0 radical (unpaired) electrons. The molecule has 1 aliphatic rings. The van der Waals surface area contributed by atoms with Gasteiger partial charge in [0.25, 0.3) is 5.91 Å². The van der Waals surface area contributed by atoms with Crippen LogP contribution in [-0.4, -0.2) is 44.9 Å². The van der Waals surface area contributed by atoms with Crippen molar-refractivity contribution in [1.82, 2.24) is 9.62 Å². The third kappa shape index (κ3) is 5.66. The van der Waals surface area contributed by atoms with Crippen molar-refractivity contribution < 1.29 is 17.9 Å². The Morgan fingerprint density at radius 1 is 0.939 bits per heavy atom. The summed E-state index contributed by atoms with van der Waals surface area (Å²) in [6, 6.07) is 18.2. The molecule has 1 heterocycles. The molecule has 1 fully saturated rings. The van der Waals surface area contributed by atoms with E-state index in [4.69, 9.17) is 16.3 Å². The maximum atomic E-state index is 13.1. The molecule has 0 unspecified atom stereocenters. The summed E-state index contributed by atoms with van der Waals surface area (Å²) in [6.45, 7) is 1.52. The summed E-state index contributed by atoms with van der Waals surface area (Å²) in [4.78, 5) is 12.6. The van der Waals surface area contributed by atoms with Gasteiger partial charge in [0.1, 0.15) is 17.3 Å². The number of fused-ring (bicyclic) bond motifs is 1. The van der Waals surface area contributed by atoms with Gasteiger partial charge in [-0.2, -0.15) is 4.31 Å². The predicted molar refractivity (Wildman–Crippen MR) is 130 cm³/mol. The zero-order valence-corrected chi connectivity index (χ0v) is 19.9. The topological polar surface area (TPSA) is 75.7 Å². The molecular weight excluding hydrogens is 460 g/mol. The zero-order valence-electron chi connectivity index (χ0n) is 18.3. The summed E-state index contributed by atoms with van der Waals surface area (Å²) in [6.07, 6.45) is 3.69. The first-order valence-corrected chi connectivity index (χ1v) is 13.0. The maximum Gasteiger partial charge on any atom is 0.251 e. The molecule has 0 aliphatic carbocycles. The molecule has 1 N–H and O–H groups in total. The van der Waals surface area contributed by atoms with Crippen LogP contribution in [0.5, 0.6) is 5.75 Å². The Morgan fingerprint density at radius 2 is 1.67 bits per heavy atom. The van der Waals surface area contributed by atoms with Crippen molar-refractivity contribution in [3.8, 4) is 5.75 Å². The summed E-state index contributed by atoms with van der Waals surface area (Å²) in [5.74, 6) is 0.348. The fourth-order valence-corrected chi connectivity index (χ4v) is 5.97. The van der Waals surface area contributed by atoms with Gasteiger partial charge in [-0.05, 0) is 53.9 Å². The van der Waals surface area contributed by atoms with Crippen molar-refractivity contribution in [2.75, 3.05) is 26.2 Å². The van der Waals surface area contributed by atoms with Gasteiger partial charge in [-0.25, -0.2) is 8.42 Å². The van der Waals surface area contributed by atoms with Crippen molar-refractivity contribution in [2.45, 2.75) is 30.6 Å². The van der Waals surface area contributed by atoms with Gasteiger partial charge in [0.05, 0.1) is 11.6 Å². The highest BCUT2D eigenvalue weighted by atomic mass is 35.5. The molecule has 33 heavy (non-hydrogen) atoms. The average molecular weight is 487 g/mol. The van der Waals surface area contributed by atoms with Crippen molar-refractivity contribution in [3.05, 3.63) is 71.2 Å². The first kappa shape index (κ1) is 23.5. The van der Waals surface area contributed by atoms with Crippen LogP contribution in [0.1, 0.15) is 36.0 Å². The number of carbonyl (C=O) groups is 1. The molecule has 4 rings (SSSR count). The molecular formula is C25H27ClN2O4S. The lowest BCUT2D eigenvalue weighted by molar-refractivity contribution is 0.0947. The molecule has 3 aromatic carbocycles. The van der Waals surface area contributed by atoms with E-state index < -0.39 is 10.0 Å². The van der Waals surface area contributed by atoms with Crippen molar-refractivity contribution in [2.24, 2.45) is 0 Å². The second kappa shape index (κ2) is 10.5. The number of halogens is 1. The largest absolute Gasteiger partial charge is 0.492 e. The lowest BCUT2D eigenvalue weighted by Crippen LogP contribution is -2.32. The first-order valence-electron chi connectivity index (χ1n) is 11.1. The Morgan fingerprint density at radius 3 is 2.42 bits per heavy atom. The molecule has 0 saturated carbocycles. The molecule has 0 spiro atoms. The standard InChI is InChI=1S/C25H27ClN2O4S/c26-23-12-10-21(18-24(23)33(30,31)28-14-5-1-2-6-15-28)25(29)27-13-16-32-22-11-9-19-7-3-4-8-20(19)17-22/h3-4,7-12,17-18H,1-2,5-6,13-16H2,(H,27,29). The Kier molecular flexibility index (Phi) is 7.53. The summed E-state index contributed by atoms with van der Waals surface area (Å²) in [5.41, 5.74) is 0.249. The number of sulfonamides is 1. The van der Waals surface area contributed by atoms with E-state index in [1.807, 2.05) is 42.5 Å². The average Bonchev–Trinajstić information content (AvgIpc) is 3.12. The van der Waals surface area contributed by atoms with Crippen molar-refractivity contribution in [3.63, 3.8) is 0 Å². The van der Waals surface area contributed by atoms with Crippen LogP contribution in [0.4, 0.5) is 0 Å². The van der Waals surface area contributed by atoms with Gasteiger partial charge in [-0.3, -0.25) is 4.79 Å². The number of nitrogens with zero attached hydrogens (tertiary/aromatic N) is 1. The van der Waals surface area contributed by atoms with Gasteiger partial charge in [0, 0.05) is 18.7 Å². The highest BCUT2D eigenvalue weighted by molar-refractivity contribution is 7.89. The highest BCUT2D eigenvalue weighted by Crippen LogP contribution is 2.27. The van der Waals surface area contributed by atoms with Crippen LogP contribution < -0.4 is 10.1 Å². The van der Waals surface area contributed by atoms with Gasteiger partial charge in [-0.1, -0.05) is 54.8 Å². The minimum atomic E-state index is -3.75. The quantitative estimate of drug-likeness (QED) is 0.483. The van der Waals surface area contributed by atoms with Crippen LogP contribution in [-0.2, 0) is 10.0 Å². The predicted octanol–water partition coefficient (Wildman–Crippen LogP) is 4.87. The number of benzene rings is 3. The lowest BCUT2D eigenvalue weighted by atomic mass is 10.1. The normalized spacial score (nSPS) is 15.2. The van der Waals surface area contributed by atoms with E-state index in [0.717, 1.165) is 42.2 Å². The van der Waals surface area contributed by atoms with E-state index in [2.05, 4.69) is 5.32 Å². The van der Waals surface area contributed by atoms with E-state index in [1.54, 1.807) is 0 Å². The molecule has 1 amide bonds. The number of rotatable bonds is 7. The number of nitrogens with one attached hydrogen (secondary N) is 1. The maximum absolute atomic E-state index is 13.1. The Labute approximate surface area is 199 Å². The fourth-order valence-electron chi connectivity index (χ4n) is 3.96. The number of carbonyl (C=O) groups excluding carboxylic acids is 1. The minimum absolute atomic E-state index is 0.0221. The van der Waals surface area contributed by atoms with Crippen molar-refractivity contribution in [1.29, 1.82) is 0 Å². The third-order valence-corrected chi connectivity index (χ3v) is 8.13. The van der Waals surface area contributed by atoms with Gasteiger partial charge < -0.3 is 10.1 Å². The number of amides is 1. The summed E-state index contributed by atoms with van der Waals surface area (Å²) >= 11 is 6.22. The molecule has 3 aromatic rings. The molecule has 0 aromatic heterocycles. The van der Waals surface area contributed by atoms with E-state index in [0.29, 0.717) is 13.1 Å². The van der Waals surface area contributed by atoms with Crippen LogP contribution in [0.2, 0.25) is 5.02 Å². The Balaban J connectivity index is 1.37. The fraction of sp³-hybridized carbons (Fsp3) is 0.320. The smallest absolute Gasteiger partial charge is 0.251 e. The minimum Gasteiger partial charge on any atom is -0.492 e. The molecule has 1 saturated heterocycles. The Hall–Kier alpha value is -2.61. The summed E-state index contributed by atoms with van der Waals surface area (Å²) < 4.78 is 33.5. The molecule has 1 aliphatic heterocycles.